The molecule has 0 bridgehead atoms. The number of sulfonamides is 1. The summed E-state index contributed by atoms with van der Waals surface area (Å²) in [5, 5.41) is 3.88. The number of hydrogen-bond donors (Lipinski definition) is 2. The number of nitrogens with one attached hydrogen (secondary N) is 2. The van der Waals surface area contributed by atoms with Gasteiger partial charge >= 0.3 is 0 Å². The Labute approximate surface area is 151 Å². The van der Waals surface area contributed by atoms with Gasteiger partial charge in [-0.25, -0.2) is 8.42 Å². The predicted octanol–water partition coefficient (Wildman–Crippen LogP) is 3.13. The summed E-state index contributed by atoms with van der Waals surface area (Å²) in [5.41, 5.74) is 3.73. The summed E-state index contributed by atoms with van der Waals surface area (Å²) >= 11 is 0. The summed E-state index contributed by atoms with van der Waals surface area (Å²) < 4.78 is 25.4. The third-order valence-corrected chi connectivity index (χ3v) is 5.97. The van der Waals surface area contributed by atoms with E-state index in [2.05, 4.69) is 10.3 Å². The van der Waals surface area contributed by atoms with E-state index in [9.17, 15) is 13.2 Å². The van der Waals surface area contributed by atoms with Gasteiger partial charge in [0.25, 0.3) is 5.91 Å². The number of hydrogen-bond acceptors (Lipinski definition) is 3. The molecule has 7 heteroatoms. The maximum absolute atomic E-state index is 12.7. The van der Waals surface area contributed by atoms with Gasteiger partial charge in [-0.05, 0) is 55.3 Å². The van der Waals surface area contributed by atoms with Gasteiger partial charge in [0, 0.05) is 28.7 Å². The summed E-state index contributed by atoms with van der Waals surface area (Å²) in [5.74, 6) is -0.216. The molecule has 2 aromatic carbocycles. The molecule has 0 radical (unpaired) electrons. The predicted molar refractivity (Wildman–Crippen MR) is 103 cm³/mol. The Morgan fingerprint density at radius 2 is 2.04 bits per heavy atom. The minimum Gasteiger partial charge on any atom is -0.361 e. The van der Waals surface area contributed by atoms with Crippen molar-refractivity contribution in [3.8, 4) is 0 Å². The lowest BCUT2D eigenvalue weighted by Crippen LogP contribution is -2.34. The first-order valence-corrected chi connectivity index (χ1v) is 10.2. The van der Waals surface area contributed by atoms with Crippen LogP contribution in [0.4, 0.5) is 11.4 Å². The molecule has 0 saturated heterocycles. The van der Waals surface area contributed by atoms with Crippen LogP contribution in [0.1, 0.15) is 22.8 Å². The Balaban J connectivity index is 1.65. The third kappa shape index (κ3) is 2.74. The number of aromatic nitrogens is 1. The second-order valence-electron chi connectivity index (χ2n) is 6.65. The van der Waals surface area contributed by atoms with Crippen molar-refractivity contribution in [3.05, 3.63) is 59.8 Å². The van der Waals surface area contributed by atoms with Gasteiger partial charge in [-0.2, -0.15) is 0 Å². The third-order valence-electron chi connectivity index (χ3n) is 4.70. The summed E-state index contributed by atoms with van der Waals surface area (Å²) in [6.07, 6.45) is 3.63. The molecule has 3 aromatic rings. The van der Waals surface area contributed by atoms with Crippen molar-refractivity contribution in [2.24, 2.45) is 0 Å². The molecule has 134 valence electrons. The number of anilines is 2. The maximum atomic E-state index is 12.7. The SMILES string of the molecule is CC1Cc2cc(C(=O)Nc3cccc4[nH]ccc34)ccc2N1S(C)(=O)=O. The second kappa shape index (κ2) is 5.88. The van der Waals surface area contributed by atoms with Gasteiger partial charge in [-0.1, -0.05) is 6.07 Å². The molecule has 0 saturated carbocycles. The zero-order valence-electron chi connectivity index (χ0n) is 14.5. The molecule has 0 fully saturated rings. The minimum absolute atomic E-state index is 0.146. The van der Waals surface area contributed by atoms with Gasteiger partial charge in [-0.3, -0.25) is 9.10 Å². The Kier molecular flexibility index (Phi) is 3.77. The monoisotopic (exact) mass is 369 g/mol. The van der Waals surface area contributed by atoms with Gasteiger partial charge in [0.2, 0.25) is 10.0 Å². The number of carbonyl (C=O) groups is 1. The largest absolute Gasteiger partial charge is 0.361 e. The molecular weight excluding hydrogens is 350 g/mol. The van der Waals surface area contributed by atoms with E-state index >= 15 is 0 Å². The zero-order chi connectivity index (χ0) is 18.5. The molecule has 6 nitrogen and oxygen atoms in total. The fourth-order valence-electron chi connectivity index (χ4n) is 3.64. The molecule has 1 amide bonds. The number of nitrogens with zero attached hydrogens (tertiary/aromatic N) is 1. The average Bonchev–Trinajstić information content (AvgIpc) is 3.17. The zero-order valence-corrected chi connectivity index (χ0v) is 15.3. The van der Waals surface area contributed by atoms with Crippen molar-refractivity contribution in [2.45, 2.75) is 19.4 Å². The minimum atomic E-state index is -3.34. The van der Waals surface area contributed by atoms with Gasteiger partial charge < -0.3 is 10.3 Å². The smallest absolute Gasteiger partial charge is 0.255 e. The van der Waals surface area contributed by atoms with Crippen LogP contribution < -0.4 is 9.62 Å². The van der Waals surface area contributed by atoms with E-state index in [0.717, 1.165) is 22.2 Å². The van der Waals surface area contributed by atoms with Crippen LogP contribution in [0.5, 0.6) is 0 Å². The van der Waals surface area contributed by atoms with Crippen LogP contribution in [-0.4, -0.2) is 31.6 Å². The molecular formula is C19H19N3O3S. The fraction of sp³-hybridized carbons (Fsp3) is 0.211. The Hall–Kier alpha value is -2.80. The second-order valence-corrected chi connectivity index (χ2v) is 8.51. The van der Waals surface area contributed by atoms with E-state index in [1.807, 2.05) is 37.4 Å². The van der Waals surface area contributed by atoms with Crippen LogP contribution in [-0.2, 0) is 16.4 Å². The van der Waals surface area contributed by atoms with Crippen molar-refractivity contribution in [1.29, 1.82) is 0 Å². The van der Waals surface area contributed by atoms with Crippen LogP contribution in [0.3, 0.4) is 0 Å². The molecule has 1 aliphatic rings. The normalized spacial score (nSPS) is 16.7. The lowest BCUT2D eigenvalue weighted by molar-refractivity contribution is 0.102. The molecule has 2 heterocycles. The summed E-state index contributed by atoms with van der Waals surface area (Å²) in [7, 11) is -3.34. The maximum Gasteiger partial charge on any atom is 0.255 e. The Morgan fingerprint density at radius 3 is 2.81 bits per heavy atom. The number of aromatic amines is 1. The average molecular weight is 369 g/mol. The number of H-pyrrole nitrogens is 1. The lowest BCUT2D eigenvalue weighted by atomic mass is 10.1. The molecule has 0 aliphatic carbocycles. The molecule has 4 rings (SSSR count). The fourth-order valence-corrected chi connectivity index (χ4v) is 4.90. The molecule has 0 spiro atoms. The quantitative estimate of drug-likeness (QED) is 0.744. The number of amides is 1. The number of rotatable bonds is 3. The molecule has 26 heavy (non-hydrogen) atoms. The standard InChI is InChI=1S/C19H19N3O3S/c1-12-10-14-11-13(6-7-18(14)22(12)26(2,24)25)19(23)21-17-5-3-4-16-15(17)8-9-20-16/h3-9,11-12,20H,10H2,1-2H3,(H,21,23). The Bertz CT molecular complexity index is 1120. The first-order valence-electron chi connectivity index (χ1n) is 8.34. The lowest BCUT2D eigenvalue weighted by Gasteiger charge is -2.21. The summed E-state index contributed by atoms with van der Waals surface area (Å²) in [6, 6.07) is 12.6. The van der Waals surface area contributed by atoms with Crippen LogP contribution >= 0.6 is 0 Å². The highest BCUT2D eigenvalue weighted by molar-refractivity contribution is 7.92. The van der Waals surface area contributed by atoms with E-state index in [-0.39, 0.29) is 11.9 Å². The van der Waals surface area contributed by atoms with E-state index in [0.29, 0.717) is 17.7 Å². The molecule has 2 N–H and O–H groups in total. The van der Waals surface area contributed by atoms with Crippen LogP contribution in [0, 0.1) is 0 Å². The topological polar surface area (TPSA) is 82.3 Å². The number of carbonyl (C=O) groups excluding carboxylic acids is 1. The molecule has 1 aromatic heterocycles. The molecule has 1 aliphatic heterocycles. The highest BCUT2D eigenvalue weighted by Gasteiger charge is 2.32. The Morgan fingerprint density at radius 1 is 1.23 bits per heavy atom. The highest BCUT2D eigenvalue weighted by Crippen LogP contribution is 2.35. The van der Waals surface area contributed by atoms with E-state index in [4.69, 9.17) is 0 Å². The van der Waals surface area contributed by atoms with Crippen molar-refractivity contribution in [3.63, 3.8) is 0 Å². The molecule has 1 atom stereocenters. The van der Waals surface area contributed by atoms with Gasteiger partial charge in [0.1, 0.15) is 0 Å². The first kappa shape index (κ1) is 16.7. The van der Waals surface area contributed by atoms with Crippen molar-refractivity contribution in [2.75, 3.05) is 15.9 Å². The highest BCUT2D eigenvalue weighted by atomic mass is 32.2. The summed E-state index contributed by atoms with van der Waals surface area (Å²) in [6.45, 7) is 1.87. The number of benzene rings is 2. The molecule has 1 unspecified atom stereocenters. The van der Waals surface area contributed by atoms with Gasteiger partial charge in [0.05, 0.1) is 17.6 Å². The van der Waals surface area contributed by atoms with E-state index in [1.54, 1.807) is 18.2 Å². The van der Waals surface area contributed by atoms with E-state index in [1.165, 1.54) is 10.6 Å². The number of fused-ring (bicyclic) bond motifs is 2. The van der Waals surface area contributed by atoms with Crippen molar-refractivity contribution < 1.29 is 13.2 Å². The first-order chi connectivity index (χ1) is 12.3. The van der Waals surface area contributed by atoms with Gasteiger partial charge in [-0.15, -0.1) is 0 Å². The van der Waals surface area contributed by atoms with Gasteiger partial charge in [0.15, 0.2) is 0 Å². The summed E-state index contributed by atoms with van der Waals surface area (Å²) in [4.78, 5) is 15.8. The van der Waals surface area contributed by atoms with Crippen molar-refractivity contribution >= 4 is 38.2 Å². The van der Waals surface area contributed by atoms with Crippen LogP contribution in [0.15, 0.2) is 48.7 Å². The van der Waals surface area contributed by atoms with Crippen LogP contribution in [0.25, 0.3) is 10.9 Å². The van der Waals surface area contributed by atoms with E-state index < -0.39 is 10.0 Å². The van der Waals surface area contributed by atoms with Crippen molar-refractivity contribution in [1.82, 2.24) is 4.98 Å². The van der Waals surface area contributed by atoms with Crippen LogP contribution in [0.2, 0.25) is 0 Å².